The zero-order valence-electron chi connectivity index (χ0n) is 17.4. The summed E-state index contributed by atoms with van der Waals surface area (Å²) in [5, 5.41) is 14.5. The molecule has 0 bridgehead atoms. The van der Waals surface area contributed by atoms with Crippen molar-refractivity contribution in [3.8, 4) is 0 Å². The Morgan fingerprint density at radius 3 is 2.73 bits per heavy atom. The first-order valence-corrected chi connectivity index (χ1v) is 11.4. The Hall–Kier alpha value is -2.87. The summed E-state index contributed by atoms with van der Waals surface area (Å²) in [4.78, 5) is 11.5. The Kier molecular flexibility index (Phi) is 6.97. The lowest BCUT2D eigenvalue weighted by Crippen LogP contribution is -2.38. The van der Waals surface area contributed by atoms with Crippen molar-refractivity contribution < 1.29 is 0 Å². The minimum Gasteiger partial charge on any atom is -0.356 e. The van der Waals surface area contributed by atoms with Gasteiger partial charge in [-0.3, -0.25) is 9.67 Å². The van der Waals surface area contributed by atoms with E-state index in [9.17, 15) is 0 Å². The van der Waals surface area contributed by atoms with Crippen molar-refractivity contribution in [3.05, 3.63) is 64.9 Å². The van der Waals surface area contributed by atoms with E-state index < -0.39 is 0 Å². The summed E-state index contributed by atoms with van der Waals surface area (Å²) >= 11 is 1.76. The summed E-state index contributed by atoms with van der Waals surface area (Å²) in [6.07, 6.45) is 7.25. The highest BCUT2D eigenvalue weighted by Gasteiger charge is 2.15. The van der Waals surface area contributed by atoms with E-state index in [4.69, 9.17) is 4.98 Å². The van der Waals surface area contributed by atoms with Gasteiger partial charge in [0.1, 0.15) is 0 Å². The average Bonchev–Trinajstić information content (AvgIpc) is 3.54. The number of benzene rings is 1. The number of hydrogen-bond donors (Lipinski definition) is 2. The third-order valence-electron chi connectivity index (χ3n) is 5.27. The van der Waals surface area contributed by atoms with Gasteiger partial charge in [-0.1, -0.05) is 24.3 Å². The quantitative estimate of drug-likeness (QED) is 0.431. The lowest BCUT2D eigenvalue weighted by atomic mass is 10.1. The first-order chi connectivity index (χ1) is 14.8. The van der Waals surface area contributed by atoms with Crippen LogP contribution in [0.1, 0.15) is 29.7 Å². The molecule has 8 heteroatoms. The van der Waals surface area contributed by atoms with Gasteiger partial charge >= 0.3 is 0 Å². The van der Waals surface area contributed by atoms with Gasteiger partial charge in [0.15, 0.2) is 11.1 Å². The number of guanidine groups is 1. The molecule has 0 atom stereocenters. The van der Waals surface area contributed by atoms with E-state index in [-0.39, 0.29) is 0 Å². The van der Waals surface area contributed by atoms with Crippen LogP contribution < -0.4 is 15.5 Å². The van der Waals surface area contributed by atoms with E-state index in [1.807, 2.05) is 23.1 Å². The molecule has 0 amide bonds. The molecule has 1 fully saturated rings. The number of thiazole rings is 1. The van der Waals surface area contributed by atoms with Gasteiger partial charge in [0, 0.05) is 57.4 Å². The van der Waals surface area contributed by atoms with Gasteiger partial charge in [0.2, 0.25) is 0 Å². The van der Waals surface area contributed by atoms with Crippen molar-refractivity contribution in [3.63, 3.8) is 0 Å². The first-order valence-electron chi connectivity index (χ1n) is 10.5. The van der Waals surface area contributed by atoms with Gasteiger partial charge in [-0.05, 0) is 30.0 Å². The van der Waals surface area contributed by atoms with Crippen LogP contribution in [0.4, 0.5) is 5.13 Å². The van der Waals surface area contributed by atoms with Gasteiger partial charge in [-0.2, -0.15) is 5.10 Å². The predicted molar refractivity (Wildman–Crippen MR) is 123 cm³/mol. The van der Waals surface area contributed by atoms with E-state index in [0.717, 1.165) is 44.3 Å². The van der Waals surface area contributed by atoms with Crippen molar-refractivity contribution >= 4 is 22.4 Å². The monoisotopic (exact) mass is 423 g/mol. The fourth-order valence-corrected chi connectivity index (χ4v) is 4.54. The molecule has 3 heterocycles. The Bertz CT molecular complexity index is 942. The van der Waals surface area contributed by atoms with Crippen LogP contribution in [0.5, 0.6) is 0 Å². The van der Waals surface area contributed by atoms with Crippen molar-refractivity contribution in [2.24, 2.45) is 4.99 Å². The average molecular weight is 424 g/mol. The van der Waals surface area contributed by atoms with Crippen LogP contribution in [-0.2, 0) is 19.5 Å². The number of nitrogens with one attached hydrogen (secondary N) is 2. The van der Waals surface area contributed by atoms with E-state index in [2.05, 4.69) is 55.3 Å². The Morgan fingerprint density at radius 1 is 1.13 bits per heavy atom. The van der Waals surface area contributed by atoms with Gasteiger partial charge in [-0.25, -0.2) is 4.98 Å². The maximum Gasteiger partial charge on any atom is 0.191 e. The summed E-state index contributed by atoms with van der Waals surface area (Å²) in [5.41, 5.74) is 3.64. The van der Waals surface area contributed by atoms with E-state index >= 15 is 0 Å². The SMILES string of the molecule is CN=C(NCCc1csc(N2CCCC2)n1)NCc1ccccc1Cn1cccn1. The molecule has 4 rings (SSSR count). The Morgan fingerprint density at radius 2 is 1.97 bits per heavy atom. The van der Waals surface area contributed by atoms with Crippen LogP contribution in [0, 0.1) is 0 Å². The van der Waals surface area contributed by atoms with Crippen LogP contribution in [0.25, 0.3) is 0 Å². The molecule has 1 aliphatic rings. The second-order valence-corrected chi connectivity index (χ2v) is 8.23. The number of anilines is 1. The van der Waals surface area contributed by atoms with Crippen molar-refractivity contribution in [2.75, 3.05) is 31.6 Å². The maximum atomic E-state index is 4.79. The summed E-state index contributed by atoms with van der Waals surface area (Å²) in [6.45, 7) is 4.57. The fourth-order valence-electron chi connectivity index (χ4n) is 3.63. The van der Waals surface area contributed by atoms with Crippen LogP contribution >= 0.6 is 11.3 Å². The zero-order valence-corrected chi connectivity index (χ0v) is 18.2. The molecule has 158 valence electrons. The molecule has 1 aromatic carbocycles. The van der Waals surface area contributed by atoms with Crippen LogP contribution in [0.15, 0.2) is 53.1 Å². The molecule has 0 spiro atoms. The normalized spacial score (nSPS) is 14.3. The number of aliphatic imine (C=N–C) groups is 1. The van der Waals surface area contributed by atoms with Crippen molar-refractivity contribution in [1.82, 2.24) is 25.4 Å². The largest absolute Gasteiger partial charge is 0.356 e. The summed E-state index contributed by atoms with van der Waals surface area (Å²) in [5.74, 6) is 0.805. The standard InChI is InChI=1S/C22H29N7S/c1-23-21(24-11-9-20-17-30-22(27-20)28-12-4-5-13-28)25-15-18-7-2-3-8-19(18)16-29-14-6-10-26-29/h2-3,6-8,10,14,17H,4-5,9,11-13,15-16H2,1H3,(H2,23,24,25). The second kappa shape index (κ2) is 10.2. The highest BCUT2D eigenvalue weighted by atomic mass is 32.1. The molecule has 3 aromatic rings. The molecule has 0 saturated carbocycles. The predicted octanol–water partition coefficient (Wildman–Crippen LogP) is 2.90. The van der Waals surface area contributed by atoms with Crippen LogP contribution in [0.3, 0.4) is 0 Å². The van der Waals surface area contributed by atoms with E-state index in [0.29, 0.717) is 6.54 Å². The Balaban J connectivity index is 1.25. The summed E-state index contributed by atoms with van der Waals surface area (Å²) in [7, 11) is 1.80. The molecule has 1 aliphatic heterocycles. The van der Waals surface area contributed by atoms with E-state index in [1.54, 1.807) is 18.4 Å². The number of rotatable bonds is 8. The molecule has 2 N–H and O–H groups in total. The van der Waals surface area contributed by atoms with Crippen LogP contribution in [-0.4, -0.2) is 47.4 Å². The molecule has 30 heavy (non-hydrogen) atoms. The van der Waals surface area contributed by atoms with Gasteiger partial charge in [-0.15, -0.1) is 11.3 Å². The number of hydrogen-bond acceptors (Lipinski definition) is 5. The first kappa shape index (κ1) is 20.4. The smallest absolute Gasteiger partial charge is 0.191 e. The lowest BCUT2D eigenvalue weighted by molar-refractivity contribution is 0.677. The minimum atomic E-state index is 0.715. The summed E-state index contributed by atoms with van der Waals surface area (Å²) < 4.78 is 1.94. The molecule has 0 radical (unpaired) electrons. The van der Waals surface area contributed by atoms with Gasteiger partial charge in [0.05, 0.1) is 12.2 Å². The van der Waals surface area contributed by atoms with E-state index in [1.165, 1.54) is 29.1 Å². The molecule has 7 nitrogen and oxygen atoms in total. The lowest BCUT2D eigenvalue weighted by Gasteiger charge is -2.14. The highest BCUT2D eigenvalue weighted by molar-refractivity contribution is 7.13. The van der Waals surface area contributed by atoms with Gasteiger partial charge < -0.3 is 15.5 Å². The number of nitrogens with zero attached hydrogens (tertiary/aromatic N) is 5. The maximum absolute atomic E-state index is 4.79. The third-order valence-corrected chi connectivity index (χ3v) is 6.22. The molecular weight excluding hydrogens is 394 g/mol. The Labute approximate surface area is 181 Å². The molecular formula is C22H29N7S. The molecule has 0 unspecified atom stereocenters. The molecule has 0 aliphatic carbocycles. The molecule has 2 aromatic heterocycles. The summed E-state index contributed by atoms with van der Waals surface area (Å²) in [6, 6.07) is 10.4. The highest BCUT2D eigenvalue weighted by Crippen LogP contribution is 2.24. The fraction of sp³-hybridized carbons (Fsp3) is 0.409. The zero-order chi connectivity index (χ0) is 20.6. The van der Waals surface area contributed by atoms with Crippen molar-refractivity contribution in [1.29, 1.82) is 0 Å². The van der Waals surface area contributed by atoms with Crippen LogP contribution in [0.2, 0.25) is 0 Å². The topological polar surface area (TPSA) is 70.4 Å². The van der Waals surface area contributed by atoms with Gasteiger partial charge in [0.25, 0.3) is 0 Å². The third kappa shape index (κ3) is 5.38. The number of aromatic nitrogens is 3. The minimum absolute atomic E-state index is 0.715. The molecule has 1 saturated heterocycles. The second-order valence-electron chi connectivity index (χ2n) is 7.39. The van der Waals surface area contributed by atoms with Crippen molar-refractivity contribution in [2.45, 2.75) is 32.4 Å².